The Morgan fingerprint density at radius 2 is 1.52 bits per heavy atom. The van der Waals surface area contributed by atoms with E-state index in [9.17, 15) is 0 Å². The van der Waals surface area contributed by atoms with E-state index in [0.717, 1.165) is 25.0 Å². The highest BCUT2D eigenvalue weighted by atomic mass is 16.5. The van der Waals surface area contributed by atoms with Gasteiger partial charge in [-0.05, 0) is 55.0 Å². The first-order valence-electron chi connectivity index (χ1n) is 7.79. The molecule has 2 rings (SSSR count). The number of ether oxygens (including phenoxy) is 1. The Kier molecular flexibility index (Phi) is 5.82. The molecule has 0 radical (unpaired) electrons. The van der Waals surface area contributed by atoms with Crippen LogP contribution in [-0.2, 0) is 12.8 Å². The third-order valence-corrected chi connectivity index (χ3v) is 3.79. The Morgan fingerprint density at radius 1 is 0.905 bits per heavy atom. The third kappa shape index (κ3) is 4.61. The van der Waals surface area contributed by atoms with Gasteiger partial charge >= 0.3 is 0 Å². The van der Waals surface area contributed by atoms with E-state index >= 15 is 0 Å². The Balaban J connectivity index is 1.88. The standard InChI is InChI=1S/C19H25NO/c1-3-15-5-10-17(11-6-15)19(20)14-9-16-7-12-18(13-8-16)21-4-2/h5-8,10-13,19H,3-4,9,14,20H2,1-2H3. The SMILES string of the molecule is CCOc1ccc(CCC(N)c2ccc(CC)cc2)cc1. The molecule has 2 aromatic carbocycles. The molecule has 2 nitrogen and oxygen atoms in total. The zero-order valence-electron chi connectivity index (χ0n) is 13.0. The van der Waals surface area contributed by atoms with E-state index in [4.69, 9.17) is 10.5 Å². The van der Waals surface area contributed by atoms with Crippen LogP contribution in [0.5, 0.6) is 5.75 Å². The highest BCUT2D eigenvalue weighted by Gasteiger charge is 2.06. The molecule has 0 heterocycles. The molecule has 0 aliphatic carbocycles. The summed E-state index contributed by atoms with van der Waals surface area (Å²) in [4.78, 5) is 0. The van der Waals surface area contributed by atoms with Gasteiger partial charge in [0.2, 0.25) is 0 Å². The quantitative estimate of drug-likeness (QED) is 0.823. The smallest absolute Gasteiger partial charge is 0.119 e. The predicted octanol–water partition coefficient (Wildman–Crippen LogP) is 4.28. The molecule has 0 aliphatic rings. The molecule has 2 N–H and O–H groups in total. The van der Waals surface area contributed by atoms with Gasteiger partial charge in [0.25, 0.3) is 0 Å². The fraction of sp³-hybridized carbons (Fsp3) is 0.368. The summed E-state index contributed by atoms with van der Waals surface area (Å²) in [5.41, 5.74) is 10.2. The van der Waals surface area contributed by atoms with Crippen molar-refractivity contribution in [3.05, 3.63) is 65.2 Å². The van der Waals surface area contributed by atoms with Crippen molar-refractivity contribution in [1.82, 2.24) is 0 Å². The van der Waals surface area contributed by atoms with Gasteiger partial charge in [0.15, 0.2) is 0 Å². The monoisotopic (exact) mass is 283 g/mol. The van der Waals surface area contributed by atoms with Crippen LogP contribution < -0.4 is 10.5 Å². The Hall–Kier alpha value is -1.80. The lowest BCUT2D eigenvalue weighted by atomic mass is 9.98. The van der Waals surface area contributed by atoms with Gasteiger partial charge in [-0.3, -0.25) is 0 Å². The summed E-state index contributed by atoms with van der Waals surface area (Å²) in [6, 6.07) is 17.1. The molecule has 112 valence electrons. The van der Waals surface area contributed by atoms with Crippen molar-refractivity contribution in [2.75, 3.05) is 6.61 Å². The maximum atomic E-state index is 6.29. The lowest BCUT2D eigenvalue weighted by Gasteiger charge is -2.13. The van der Waals surface area contributed by atoms with Crippen molar-refractivity contribution in [3.8, 4) is 5.75 Å². The van der Waals surface area contributed by atoms with Gasteiger partial charge in [0, 0.05) is 6.04 Å². The molecule has 0 aromatic heterocycles. The normalized spacial score (nSPS) is 12.1. The number of rotatable bonds is 7. The minimum absolute atomic E-state index is 0.0995. The van der Waals surface area contributed by atoms with Gasteiger partial charge in [-0.1, -0.05) is 43.3 Å². The Bertz CT molecular complexity index is 530. The summed E-state index contributed by atoms with van der Waals surface area (Å²) < 4.78 is 5.45. The summed E-state index contributed by atoms with van der Waals surface area (Å²) in [6.07, 6.45) is 3.02. The van der Waals surface area contributed by atoms with Crippen LogP contribution in [0.3, 0.4) is 0 Å². The number of nitrogens with two attached hydrogens (primary N) is 1. The lowest BCUT2D eigenvalue weighted by molar-refractivity contribution is 0.340. The van der Waals surface area contributed by atoms with E-state index in [-0.39, 0.29) is 6.04 Å². The van der Waals surface area contributed by atoms with Crippen LogP contribution in [0.1, 0.15) is 43.0 Å². The van der Waals surface area contributed by atoms with Gasteiger partial charge in [-0.25, -0.2) is 0 Å². The molecule has 21 heavy (non-hydrogen) atoms. The first kappa shape index (κ1) is 15.6. The zero-order valence-corrected chi connectivity index (χ0v) is 13.0. The van der Waals surface area contributed by atoms with Gasteiger partial charge in [0.1, 0.15) is 5.75 Å². The lowest BCUT2D eigenvalue weighted by Crippen LogP contribution is -2.11. The van der Waals surface area contributed by atoms with Crippen molar-refractivity contribution in [3.63, 3.8) is 0 Å². The molecule has 2 aromatic rings. The maximum Gasteiger partial charge on any atom is 0.119 e. The number of hydrogen-bond acceptors (Lipinski definition) is 2. The van der Waals surface area contributed by atoms with Gasteiger partial charge in [-0.15, -0.1) is 0 Å². The average molecular weight is 283 g/mol. The first-order valence-corrected chi connectivity index (χ1v) is 7.79. The van der Waals surface area contributed by atoms with Gasteiger partial charge < -0.3 is 10.5 Å². The number of hydrogen-bond donors (Lipinski definition) is 1. The molecular weight excluding hydrogens is 258 g/mol. The second-order valence-electron chi connectivity index (χ2n) is 5.32. The minimum Gasteiger partial charge on any atom is -0.494 e. The Labute approximate surface area is 127 Å². The summed E-state index contributed by atoms with van der Waals surface area (Å²) in [7, 11) is 0. The van der Waals surface area contributed by atoms with E-state index in [2.05, 4.69) is 43.3 Å². The summed E-state index contributed by atoms with van der Waals surface area (Å²) >= 11 is 0. The second kappa shape index (κ2) is 7.84. The molecule has 0 spiro atoms. The van der Waals surface area contributed by atoms with Crippen LogP contribution in [0.2, 0.25) is 0 Å². The first-order chi connectivity index (χ1) is 10.2. The average Bonchev–Trinajstić information content (AvgIpc) is 2.54. The van der Waals surface area contributed by atoms with Crippen molar-refractivity contribution < 1.29 is 4.74 Å². The number of benzene rings is 2. The summed E-state index contributed by atoms with van der Waals surface area (Å²) in [5, 5.41) is 0. The van der Waals surface area contributed by atoms with Crippen LogP contribution in [0, 0.1) is 0 Å². The minimum atomic E-state index is 0.0995. The third-order valence-electron chi connectivity index (χ3n) is 3.79. The van der Waals surface area contributed by atoms with Gasteiger partial charge in [-0.2, -0.15) is 0 Å². The van der Waals surface area contributed by atoms with Crippen molar-refractivity contribution >= 4 is 0 Å². The summed E-state index contributed by atoms with van der Waals surface area (Å²) in [5.74, 6) is 0.931. The molecule has 0 aliphatic heterocycles. The van der Waals surface area contributed by atoms with Crippen LogP contribution in [0.25, 0.3) is 0 Å². The van der Waals surface area contributed by atoms with Crippen molar-refractivity contribution in [1.29, 1.82) is 0 Å². The molecule has 1 atom stereocenters. The van der Waals surface area contributed by atoms with E-state index in [1.807, 2.05) is 19.1 Å². The Morgan fingerprint density at radius 3 is 2.10 bits per heavy atom. The summed E-state index contributed by atoms with van der Waals surface area (Å²) in [6.45, 7) is 4.87. The van der Waals surface area contributed by atoms with Crippen LogP contribution >= 0.6 is 0 Å². The molecule has 2 heteroatoms. The van der Waals surface area contributed by atoms with E-state index in [0.29, 0.717) is 6.61 Å². The molecule has 1 unspecified atom stereocenters. The van der Waals surface area contributed by atoms with Crippen LogP contribution in [-0.4, -0.2) is 6.61 Å². The number of aryl methyl sites for hydroxylation is 2. The molecule has 0 fully saturated rings. The van der Waals surface area contributed by atoms with Crippen molar-refractivity contribution in [2.45, 2.75) is 39.2 Å². The van der Waals surface area contributed by atoms with E-state index < -0.39 is 0 Å². The second-order valence-corrected chi connectivity index (χ2v) is 5.32. The zero-order chi connectivity index (χ0) is 15.1. The largest absolute Gasteiger partial charge is 0.494 e. The van der Waals surface area contributed by atoms with Crippen LogP contribution in [0.4, 0.5) is 0 Å². The fourth-order valence-corrected chi connectivity index (χ4v) is 2.41. The van der Waals surface area contributed by atoms with Gasteiger partial charge in [0.05, 0.1) is 6.61 Å². The topological polar surface area (TPSA) is 35.2 Å². The highest BCUT2D eigenvalue weighted by molar-refractivity contribution is 5.28. The molecular formula is C19H25NO. The predicted molar refractivity (Wildman–Crippen MR) is 88.7 cm³/mol. The van der Waals surface area contributed by atoms with Crippen molar-refractivity contribution in [2.24, 2.45) is 5.73 Å². The fourth-order valence-electron chi connectivity index (χ4n) is 2.41. The highest BCUT2D eigenvalue weighted by Crippen LogP contribution is 2.19. The molecule has 0 saturated heterocycles. The molecule has 0 saturated carbocycles. The molecule has 0 amide bonds. The molecule has 0 bridgehead atoms. The van der Waals surface area contributed by atoms with E-state index in [1.54, 1.807) is 0 Å². The van der Waals surface area contributed by atoms with E-state index in [1.165, 1.54) is 16.7 Å². The maximum absolute atomic E-state index is 6.29. The van der Waals surface area contributed by atoms with Crippen LogP contribution in [0.15, 0.2) is 48.5 Å².